The number of methoxy groups -OCH3 is 1. The standard InChI is InChI=1S/C15H13N3O3/c1-20-13-6-2-4-11(8-13)10-18-15(19)21-14(17-18)12-5-3-7-16-9-12/h2-9H,10H2,1H3. The summed E-state index contributed by atoms with van der Waals surface area (Å²) in [5, 5.41) is 4.19. The number of ether oxygens (including phenoxy) is 1. The van der Waals surface area contributed by atoms with E-state index in [0.29, 0.717) is 12.1 Å². The summed E-state index contributed by atoms with van der Waals surface area (Å²) in [6.07, 6.45) is 3.25. The van der Waals surface area contributed by atoms with Crippen LogP contribution in [0, 0.1) is 0 Å². The van der Waals surface area contributed by atoms with Crippen LogP contribution in [-0.4, -0.2) is 21.9 Å². The number of aromatic nitrogens is 3. The summed E-state index contributed by atoms with van der Waals surface area (Å²) in [5.41, 5.74) is 1.57. The van der Waals surface area contributed by atoms with Crippen molar-refractivity contribution in [1.82, 2.24) is 14.8 Å². The van der Waals surface area contributed by atoms with Crippen molar-refractivity contribution in [1.29, 1.82) is 0 Å². The fourth-order valence-electron chi connectivity index (χ4n) is 1.96. The molecule has 0 saturated heterocycles. The van der Waals surface area contributed by atoms with E-state index < -0.39 is 5.76 Å². The molecule has 0 atom stereocenters. The minimum Gasteiger partial charge on any atom is -0.497 e. The zero-order chi connectivity index (χ0) is 14.7. The Hall–Kier alpha value is -2.89. The summed E-state index contributed by atoms with van der Waals surface area (Å²) in [6.45, 7) is 0.319. The number of hydrogen-bond donors (Lipinski definition) is 0. The highest BCUT2D eigenvalue weighted by Crippen LogP contribution is 2.15. The van der Waals surface area contributed by atoms with E-state index in [4.69, 9.17) is 9.15 Å². The normalized spacial score (nSPS) is 10.5. The third kappa shape index (κ3) is 2.84. The van der Waals surface area contributed by atoms with Gasteiger partial charge in [0.1, 0.15) is 5.75 Å². The minimum atomic E-state index is -0.503. The van der Waals surface area contributed by atoms with Crippen molar-refractivity contribution in [3.05, 3.63) is 64.9 Å². The number of nitrogens with zero attached hydrogens (tertiary/aromatic N) is 3. The highest BCUT2D eigenvalue weighted by Gasteiger charge is 2.10. The molecule has 0 saturated carbocycles. The lowest BCUT2D eigenvalue weighted by molar-refractivity contribution is 0.414. The predicted octanol–water partition coefficient (Wildman–Crippen LogP) is 1.96. The van der Waals surface area contributed by atoms with Crippen molar-refractivity contribution in [2.75, 3.05) is 7.11 Å². The first kappa shape index (κ1) is 13.1. The topological polar surface area (TPSA) is 70.2 Å². The summed E-state index contributed by atoms with van der Waals surface area (Å²) in [6, 6.07) is 11.0. The Balaban J connectivity index is 1.90. The van der Waals surface area contributed by atoms with Crippen LogP contribution in [0.15, 0.2) is 58.0 Å². The van der Waals surface area contributed by atoms with Crippen LogP contribution in [-0.2, 0) is 6.54 Å². The second-order valence-corrected chi connectivity index (χ2v) is 4.42. The molecule has 0 aliphatic heterocycles. The predicted molar refractivity (Wildman–Crippen MR) is 76.1 cm³/mol. The SMILES string of the molecule is COc1cccc(Cn2nc(-c3cccnc3)oc2=O)c1. The van der Waals surface area contributed by atoms with Crippen molar-refractivity contribution in [3.63, 3.8) is 0 Å². The van der Waals surface area contributed by atoms with Crippen LogP contribution in [0.1, 0.15) is 5.56 Å². The molecule has 3 aromatic rings. The first-order valence-electron chi connectivity index (χ1n) is 6.37. The Morgan fingerprint density at radius 1 is 1.29 bits per heavy atom. The lowest BCUT2D eigenvalue weighted by Gasteiger charge is -2.03. The van der Waals surface area contributed by atoms with E-state index in [0.717, 1.165) is 11.3 Å². The molecule has 2 aromatic heterocycles. The van der Waals surface area contributed by atoms with Gasteiger partial charge in [-0.1, -0.05) is 12.1 Å². The van der Waals surface area contributed by atoms with Gasteiger partial charge in [0.25, 0.3) is 5.89 Å². The molecule has 0 aliphatic rings. The number of pyridine rings is 1. The van der Waals surface area contributed by atoms with E-state index in [9.17, 15) is 4.79 Å². The number of hydrogen-bond acceptors (Lipinski definition) is 5. The second-order valence-electron chi connectivity index (χ2n) is 4.42. The average molecular weight is 283 g/mol. The molecule has 106 valence electrons. The van der Waals surface area contributed by atoms with E-state index in [2.05, 4.69) is 10.1 Å². The Labute approximate surface area is 120 Å². The van der Waals surface area contributed by atoms with Crippen LogP contribution in [0.2, 0.25) is 0 Å². The number of benzene rings is 1. The van der Waals surface area contributed by atoms with Crippen molar-refractivity contribution in [2.24, 2.45) is 0 Å². The molecule has 3 rings (SSSR count). The lowest BCUT2D eigenvalue weighted by Crippen LogP contribution is -2.16. The van der Waals surface area contributed by atoms with Gasteiger partial charge in [-0.3, -0.25) is 4.98 Å². The Kier molecular flexibility index (Phi) is 3.51. The molecule has 6 heteroatoms. The van der Waals surface area contributed by atoms with Gasteiger partial charge in [0.15, 0.2) is 0 Å². The van der Waals surface area contributed by atoms with Gasteiger partial charge in [-0.15, -0.1) is 5.10 Å². The summed E-state index contributed by atoms with van der Waals surface area (Å²) in [7, 11) is 1.60. The minimum absolute atomic E-state index is 0.260. The maximum absolute atomic E-state index is 11.9. The van der Waals surface area contributed by atoms with Crippen molar-refractivity contribution in [3.8, 4) is 17.2 Å². The molecule has 0 N–H and O–H groups in total. The highest BCUT2D eigenvalue weighted by atomic mass is 16.5. The molecule has 0 spiro atoms. The van der Waals surface area contributed by atoms with E-state index in [1.54, 1.807) is 31.6 Å². The fraction of sp³-hybridized carbons (Fsp3) is 0.133. The molecule has 0 radical (unpaired) electrons. The van der Waals surface area contributed by atoms with E-state index in [-0.39, 0.29) is 5.89 Å². The van der Waals surface area contributed by atoms with E-state index in [1.165, 1.54) is 4.68 Å². The van der Waals surface area contributed by atoms with Gasteiger partial charge in [-0.05, 0) is 29.8 Å². The maximum atomic E-state index is 11.9. The Morgan fingerprint density at radius 3 is 2.95 bits per heavy atom. The quantitative estimate of drug-likeness (QED) is 0.732. The third-order valence-corrected chi connectivity index (χ3v) is 2.98. The number of rotatable bonds is 4. The summed E-state index contributed by atoms with van der Waals surface area (Å²) in [5.74, 6) is 0.490. The van der Waals surface area contributed by atoms with E-state index >= 15 is 0 Å². The van der Waals surface area contributed by atoms with Crippen molar-refractivity contribution in [2.45, 2.75) is 6.54 Å². The fourth-order valence-corrected chi connectivity index (χ4v) is 1.96. The summed E-state index contributed by atoms with van der Waals surface area (Å²) >= 11 is 0. The Bertz CT molecular complexity index is 793. The summed E-state index contributed by atoms with van der Waals surface area (Å²) in [4.78, 5) is 15.8. The second kappa shape index (κ2) is 5.62. The van der Waals surface area contributed by atoms with Crippen LogP contribution >= 0.6 is 0 Å². The first-order chi connectivity index (χ1) is 10.3. The molecule has 1 aromatic carbocycles. The van der Waals surface area contributed by atoms with Crippen LogP contribution in [0.3, 0.4) is 0 Å². The van der Waals surface area contributed by atoms with Crippen LogP contribution in [0.25, 0.3) is 11.5 Å². The largest absolute Gasteiger partial charge is 0.497 e. The molecule has 6 nitrogen and oxygen atoms in total. The average Bonchev–Trinajstić information content (AvgIpc) is 2.89. The molecule has 0 bridgehead atoms. The zero-order valence-electron chi connectivity index (χ0n) is 11.4. The molecule has 0 unspecified atom stereocenters. The van der Waals surface area contributed by atoms with Crippen molar-refractivity contribution < 1.29 is 9.15 Å². The highest BCUT2D eigenvalue weighted by molar-refractivity contribution is 5.49. The molecule has 0 fully saturated rings. The van der Waals surface area contributed by atoms with Gasteiger partial charge in [-0.2, -0.15) is 4.68 Å². The van der Waals surface area contributed by atoms with E-state index in [1.807, 2.05) is 24.3 Å². The first-order valence-corrected chi connectivity index (χ1v) is 6.37. The zero-order valence-corrected chi connectivity index (χ0v) is 11.4. The molecule has 2 heterocycles. The van der Waals surface area contributed by atoms with Crippen molar-refractivity contribution >= 4 is 0 Å². The van der Waals surface area contributed by atoms with Gasteiger partial charge >= 0.3 is 5.76 Å². The third-order valence-electron chi connectivity index (χ3n) is 2.98. The Morgan fingerprint density at radius 2 is 2.19 bits per heavy atom. The molecular weight excluding hydrogens is 270 g/mol. The molecule has 0 amide bonds. The smallest absolute Gasteiger partial charge is 0.437 e. The van der Waals surface area contributed by atoms with Gasteiger partial charge in [0.05, 0.1) is 19.2 Å². The van der Waals surface area contributed by atoms with Gasteiger partial charge < -0.3 is 9.15 Å². The molecule has 21 heavy (non-hydrogen) atoms. The lowest BCUT2D eigenvalue weighted by atomic mass is 10.2. The molecule has 0 aliphatic carbocycles. The van der Waals surface area contributed by atoms with Gasteiger partial charge in [-0.25, -0.2) is 4.79 Å². The summed E-state index contributed by atoms with van der Waals surface area (Å²) < 4.78 is 11.6. The van der Waals surface area contributed by atoms with Crippen LogP contribution in [0.4, 0.5) is 0 Å². The van der Waals surface area contributed by atoms with Gasteiger partial charge in [0, 0.05) is 12.4 Å². The maximum Gasteiger partial charge on any atom is 0.437 e. The van der Waals surface area contributed by atoms with Gasteiger partial charge in [0.2, 0.25) is 0 Å². The van der Waals surface area contributed by atoms with Crippen LogP contribution < -0.4 is 10.5 Å². The van der Waals surface area contributed by atoms with Crippen LogP contribution in [0.5, 0.6) is 5.75 Å². The monoisotopic (exact) mass is 283 g/mol. The molecular formula is C15H13N3O3.